The van der Waals surface area contributed by atoms with Gasteiger partial charge in [-0.1, -0.05) is 25.0 Å². The van der Waals surface area contributed by atoms with E-state index in [0.29, 0.717) is 40.5 Å². The van der Waals surface area contributed by atoms with Crippen molar-refractivity contribution in [2.24, 2.45) is 5.10 Å². The van der Waals surface area contributed by atoms with Gasteiger partial charge >= 0.3 is 0 Å². The SMILES string of the molecule is CCO/C(C)=N\n1c2nc3ccccc3nc2c2c(=O)n(C3CCCC3)c(C)nc21. The fourth-order valence-electron chi connectivity index (χ4n) is 4.46. The van der Waals surface area contributed by atoms with Gasteiger partial charge in [0.25, 0.3) is 5.56 Å². The van der Waals surface area contributed by atoms with Crippen molar-refractivity contribution in [1.29, 1.82) is 0 Å². The molecule has 4 aromatic rings. The first-order valence-electron chi connectivity index (χ1n) is 10.5. The van der Waals surface area contributed by atoms with E-state index in [1.54, 1.807) is 11.6 Å². The third-order valence-corrected chi connectivity index (χ3v) is 5.75. The van der Waals surface area contributed by atoms with E-state index >= 15 is 0 Å². The van der Waals surface area contributed by atoms with Crippen molar-refractivity contribution >= 4 is 39.1 Å². The number of hydrogen-bond donors (Lipinski definition) is 0. The van der Waals surface area contributed by atoms with Gasteiger partial charge in [0.1, 0.15) is 16.7 Å². The molecule has 1 aliphatic rings. The lowest BCUT2D eigenvalue weighted by molar-refractivity contribution is 0.321. The summed E-state index contributed by atoms with van der Waals surface area (Å²) in [5.41, 5.74) is 2.92. The van der Waals surface area contributed by atoms with Crippen LogP contribution in [0, 0.1) is 6.92 Å². The Hall–Kier alpha value is -3.29. The molecule has 1 aliphatic carbocycles. The Bertz CT molecular complexity index is 1360. The summed E-state index contributed by atoms with van der Waals surface area (Å²) < 4.78 is 8.98. The first-order chi connectivity index (χ1) is 14.6. The average molecular weight is 404 g/mol. The molecule has 0 N–H and O–H groups in total. The van der Waals surface area contributed by atoms with Gasteiger partial charge in [-0.15, -0.1) is 5.10 Å². The Labute approximate surface area is 173 Å². The van der Waals surface area contributed by atoms with Crippen molar-refractivity contribution in [3.8, 4) is 0 Å². The third kappa shape index (κ3) is 2.86. The second-order valence-electron chi connectivity index (χ2n) is 7.72. The summed E-state index contributed by atoms with van der Waals surface area (Å²) in [7, 11) is 0. The molecule has 5 rings (SSSR count). The van der Waals surface area contributed by atoms with E-state index in [-0.39, 0.29) is 11.6 Å². The molecule has 0 unspecified atom stereocenters. The van der Waals surface area contributed by atoms with Gasteiger partial charge in [-0.2, -0.15) is 4.68 Å². The van der Waals surface area contributed by atoms with Gasteiger partial charge in [0.2, 0.25) is 5.90 Å². The second-order valence-corrected chi connectivity index (χ2v) is 7.72. The van der Waals surface area contributed by atoms with Crippen LogP contribution < -0.4 is 5.56 Å². The lowest BCUT2D eigenvalue weighted by atomic mass is 10.2. The van der Waals surface area contributed by atoms with E-state index in [1.165, 1.54) is 0 Å². The van der Waals surface area contributed by atoms with E-state index in [9.17, 15) is 4.79 Å². The van der Waals surface area contributed by atoms with Crippen molar-refractivity contribution in [2.45, 2.75) is 52.5 Å². The molecule has 8 heteroatoms. The summed E-state index contributed by atoms with van der Waals surface area (Å²) in [5.74, 6) is 1.17. The van der Waals surface area contributed by atoms with Gasteiger partial charge in [0, 0.05) is 13.0 Å². The van der Waals surface area contributed by atoms with Crippen LogP contribution in [-0.2, 0) is 4.74 Å². The Morgan fingerprint density at radius 3 is 2.53 bits per heavy atom. The normalized spacial score (nSPS) is 15.6. The summed E-state index contributed by atoms with van der Waals surface area (Å²) in [6.07, 6.45) is 4.28. The van der Waals surface area contributed by atoms with E-state index in [0.717, 1.165) is 36.7 Å². The first kappa shape index (κ1) is 18.7. The van der Waals surface area contributed by atoms with Crippen molar-refractivity contribution in [3.05, 3.63) is 40.4 Å². The highest BCUT2D eigenvalue weighted by Crippen LogP contribution is 2.31. The molecule has 0 spiro atoms. The number of rotatable bonds is 3. The monoisotopic (exact) mass is 404 g/mol. The van der Waals surface area contributed by atoms with E-state index in [2.05, 4.69) is 5.10 Å². The summed E-state index contributed by atoms with van der Waals surface area (Å²) in [6.45, 7) is 6.07. The van der Waals surface area contributed by atoms with Crippen LogP contribution in [0.5, 0.6) is 0 Å². The molecule has 1 saturated carbocycles. The average Bonchev–Trinajstić information content (AvgIpc) is 3.34. The predicted octanol–water partition coefficient (Wildman–Crippen LogP) is 3.94. The maximum Gasteiger partial charge on any atom is 0.265 e. The molecule has 3 heterocycles. The Morgan fingerprint density at radius 2 is 1.83 bits per heavy atom. The zero-order valence-electron chi connectivity index (χ0n) is 17.4. The van der Waals surface area contributed by atoms with Crippen LogP contribution in [0.15, 0.2) is 34.2 Å². The fourth-order valence-corrected chi connectivity index (χ4v) is 4.46. The van der Waals surface area contributed by atoms with Crippen molar-refractivity contribution < 1.29 is 4.74 Å². The molecule has 0 amide bonds. The maximum atomic E-state index is 13.7. The van der Waals surface area contributed by atoms with E-state index < -0.39 is 0 Å². The quantitative estimate of drug-likeness (QED) is 0.381. The summed E-state index contributed by atoms with van der Waals surface area (Å²) in [5, 5.41) is 5.05. The molecule has 154 valence electrons. The third-order valence-electron chi connectivity index (χ3n) is 5.75. The minimum absolute atomic E-state index is 0.0676. The van der Waals surface area contributed by atoms with Crippen LogP contribution in [0.1, 0.15) is 51.4 Å². The predicted molar refractivity (Wildman–Crippen MR) is 117 cm³/mol. The number of fused-ring (bicyclic) bond motifs is 4. The van der Waals surface area contributed by atoms with Gasteiger partial charge in [-0.25, -0.2) is 15.0 Å². The zero-order valence-corrected chi connectivity index (χ0v) is 17.4. The van der Waals surface area contributed by atoms with Crippen molar-refractivity contribution in [1.82, 2.24) is 24.2 Å². The van der Waals surface area contributed by atoms with Gasteiger partial charge in [0.15, 0.2) is 11.3 Å². The molecular weight excluding hydrogens is 380 g/mol. The molecule has 0 aliphatic heterocycles. The van der Waals surface area contributed by atoms with Gasteiger partial charge in [-0.3, -0.25) is 9.36 Å². The molecular formula is C22H24N6O2. The van der Waals surface area contributed by atoms with Crippen LogP contribution in [0.25, 0.3) is 33.2 Å². The molecule has 0 atom stereocenters. The number of aromatic nitrogens is 5. The maximum absolute atomic E-state index is 13.7. The molecule has 1 aromatic carbocycles. The van der Waals surface area contributed by atoms with E-state index in [4.69, 9.17) is 19.7 Å². The highest BCUT2D eigenvalue weighted by Gasteiger charge is 2.26. The van der Waals surface area contributed by atoms with E-state index in [1.807, 2.05) is 42.7 Å². The minimum Gasteiger partial charge on any atom is -0.480 e. The molecule has 0 radical (unpaired) electrons. The number of para-hydroxylation sites is 2. The topological polar surface area (TPSA) is 87.2 Å². The molecule has 30 heavy (non-hydrogen) atoms. The number of aryl methyl sites for hydroxylation is 1. The Balaban J connectivity index is 1.91. The van der Waals surface area contributed by atoms with Crippen LogP contribution in [0.3, 0.4) is 0 Å². The highest BCUT2D eigenvalue weighted by atomic mass is 16.5. The summed E-state index contributed by atoms with van der Waals surface area (Å²) >= 11 is 0. The van der Waals surface area contributed by atoms with Gasteiger partial charge in [0.05, 0.1) is 17.6 Å². The Morgan fingerprint density at radius 1 is 1.13 bits per heavy atom. The summed E-state index contributed by atoms with van der Waals surface area (Å²) in [6, 6.07) is 7.82. The molecule has 0 bridgehead atoms. The van der Waals surface area contributed by atoms with Crippen LogP contribution in [-0.4, -0.2) is 36.7 Å². The minimum atomic E-state index is -0.0676. The van der Waals surface area contributed by atoms with Crippen LogP contribution >= 0.6 is 0 Å². The van der Waals surface area contributed by atoms with Gasteiger partial charge in [-0.05, 0) is 38.8 Å². The lowest BCUT2D eigenvalue weighted by Crippen LogP contribution is -2.27. The van der Waals surface area contributed by atoms with Gasteiger partial charge < -0.3 is 4.74 Å². The highest BCUT2D eigenvalue weighted by molar-refractivity contribution is 6.04. The molecule has 8 nitrogen and oxygen atoms in total. The largest absolute Gasteiger partial charge is 0.480 e. The van der Waals surface area contributed by atoms with Crippen LogP contribution in [0.2, 0.25) is 0 Å². The lowest BCUT2D eigenvalue weighted by Gasteiger charge is -2.16. The van der Waals surface area contributed by atoms with Crippen molar-refractivity contribution in [3.63, 3.8) is 0 Å². The molecule has 3 aromatic heterocycles. The number of hydrogen-bond acceptors (Lipinski definition) is 6. The number of nitrogens with zero attached hydrogens (tertiary/aromatic N) is 6. The zero-order chi connectivity index (χ0) is 20.8. The van der Waals surface area contributed by atoms with Crippen LogP contribution in [0.4, 0.5) is 0 Å². The smallest absolute Gasteiger partial charge is 0.265 e. The number of benzene rings is 1. The Kier molecular flexibility index (Phi) is 4.49. The second kappa shape index (κ2) is 7.19. The molecule has 1 fully saturated rings. The number of ether oxygens (including phenoxy) is 1. The fraction of sp³-hybridized carbons (Fsp3) is 0.409. The van der Waals surface area contributed by atoms with Crippen molar-refractivity contribution in [2.75, 3.05) is 6.61 Å². The first-order valence-corrected chi connectivity index (χ1v) is 10.5. The molecule has 0 saturated heterocycles. The summed E-state index contributed by atoms with van der Waals surface area (Å²) in [4.78, 5) is 28.0. The standard InChI is InChI=1S/C22H24N6O2/c1-4-30-14(3)26-28-20-18(19-21(28)25-17-12-8-7-11-16(17)24-19)22(29)27(13(2)23-20)15-9-5-6-10-15/h7-8,11-12,15H,4-6,9-10H2,1-3H3/b26-14-.